The molecule has 0 spiro atoms. The number of H-pyrrole nitrogens is 2. The molecule has 0 radical (unpaired) electrons. The van der Waals surface area contributed by atoms with E-state index in [0.717, 1.165) is 67.8 Å². The zero-order valence-electron chi connectivity index (χ0n) is 20.6. The number of pyridine rings is 1. The number of nitrogens with one attached hydrogen (secondary N) is 2. The molecule has 5 rings (SSSR count). The van der Waals surface area contributed by atoms with Crippen LogP contribution in [0.4, 0.5) is 4.39 Å². The summed E-state index contributed by atoms with van der Waals surface area (Å²) in [5, 5.41) is 8.69. The first-order valence-corrected chi connectivity index (χ1v) is 11.8. The number of hydrogen-bond donors (Lipinski definition) is 2. The molecule has 0 atom stereocenters. The van der Waals surface area contributed by atoms with Crippen molar-refractivity contribution in [1.29, 1.82) is 0 Å². The van der Waals surface area contributed by atoms with E-state index in [1.807, 2.05) is 63.5 Å². The van der Waals surface area contributed by atoms with Gasteiger partial charge in [0.1, 0.15) is 17.0 Å². The summed E-state index contributed by atoms with van der Waals surface area (Å²) in [7, 11) is 4.07. The number of aromatic amines is 2. The van der Waals surface area contributed by atoms with Crippen LogP contribution in [0.5, 0.6) is 0 Å². The van der Waals surface area contributed by atoms with Crippen LogP contribution in [0.15, 0.2) is 91.0 Å². The molecule has 0 bridgehead atoms. The maximum atomic E-state index is 13.9. The molecule has 0 saturated heterocycles. The summed E-state index contributed by atoms with van der Waals surface area (Å²) in [6.45, 7) is 6.77. The van der Waals surface area contributed by atoms with Gasteiger partial charge in [0, 0.05) is 17.4 Å². The number of halogens is 1. The van der Waals surface area contributed by atoms with Crippen LogP contribution in [-0.2, 0) is 0 Å². The lowest BCUT2D eigenvalue weighted by molar-refractivity contribution is 0.449. The maximum Gasteiger partial charge on any atom is 0.135 e. The highest BCUT2D eigenvalue weighted by molar-refractivity contribution is 6.00. The molecule has 6 heteroatoms. The van der Waals surface area contributed by atoms with Crippen LogP contribution < -0.4 is 0 Å². The molecule has 0 aliphatic carbocycles. The van der Waals surface area contributed by atoms with Crippen molar-refractivity contribution in [3.05, 3.63) is 103 Å². The molecule has 180 valence electrons. The van der Waals surface area contributed by atoms with Crippen LogP contribution in [0.25, 0.3) is 50.0 Å². The normalized spacial score (nSPS) is 12.7. The molecule has 0 aliphatic heterocycles. The van der Waals surface area contributed by atoms with Gasteiger partial charge in [-0.3, -0.25) is 5.10 Å². The first-order valence-electron chi connectivity index (χ1n) is 11.8. The van der Waals surface area contributed by atoms with Crippen molar-refractivity contribution >= 4 is 27.5 Å². The number of nitrogens with zero attached hydrogens (tertiary/aromatic N) is 3. The summed E-state index contributed by atoms with van der Waals surface area (Å²) in [6, 6.07) is 18.7. The zero-order valence-corrected chi connectivity index (χ0v) is 20.6. The molecule has 0 aliphatic rings. The Balaban J connectivity index is 1.59. The highest BCUT2D eigenvalue weighted by atomic mass is 19.1. The van der Waals surface area contributed by atoms with Crippen LogP contribution in [0.3, 0.4) is 0 Å². The number of hydrogen-bond acceptors (Lipinski definition) is 3. The van der Waals surface area contributed by atoms with Gasteiger partial charge in [0.05, 0.1) is 16.9 Å². The summed E-state index contributed by atoms with van der Waals surface area (Å²) in [4.78, 5) is 10.6. The molecule has 2 aromatic carbocycles. The van der Waals surface area contributed by atoms with E-state index in [1.165, 1.54) is 6.07 Å². The first-order chi connectivity index (χ1) is 17.5. The van der Waals surface area contributed by atoms with E-state index in [9.17, 15) is 4.39 Å². The van der Waals surface area contributed by atoms with E-state index in [2.05, 4.69) is 44.9 Å². The number of benzene rings is 2. The van der Waals surface area contributed by atoms with E-state index in [0.29, 0.717) is 0 Å². The largest absolute Gasteiger partial charge is 0.353 e. The second-order valence-corrected chi connectivity index (χ2v) is 9.03. The van der Waals surface area contributed by atoms with E-state index in [-0.39, 0.29) is 5.82 Å². The number of fused-ring (bicyclic) bond motifs is 2. The molecule has 0 unspecified atom stereocenters. The van der Waals surface area contributed by atoms with Crippen LogP contribution in [0, 0.1) is 5.82 Å². The highest BCUT2D eigenvalue weighted by Crippen LogP contribution is 2.34. The predicted octanol–water partition coefficient (Wildman–Crippen LogP) is 6.99. The summed E-state index contributed by atoms with van der Waals surface area (Å²) < 4.78 is 13.9. The lowest BCUT2D eigenvalue weighted by atomic mass is 10.0. The van der Waals surface area contributed by atoms with Gasteiger partial charge in [0.2, 0.25) is 0 Å². The van der Waals surface area contributed by atoms with Crippen molar-refractivity contribution in [1.82, 2.24) is 25.1 Å². The smallest absolute Gasteiger partial charge is 0.135 e. The minimum absolute atomic E-state index is 0.255. The van der Waals surface area contributed by atoms with E-state index >= 15 is 0 Å². The molecule has 2 N–H and O–H groups in total. The van der Waals surface area contributed by atoms with Crippen molar-refractivity contribution in [2.24, 2.45) is 0 Å². The maximum absolute atomic E-state index is 13.9. The lowest BCUT2D eigenvalue weighted by Gasteiger charge is -2.11. The fraction of sp³-hybridized carbons (Fsp3) is 0.133. The molecule has 3 aromatic heterocycles. The van der Waals surface area contributed by atoms with Crippen molar-refractivity contribution in [3.63, 3.8) is 0 Å². The molecular weight excluding hydrogens is 449 g/mol. The van der Waals surface area contributed by atoms with E-state index in [4.69, 9.17) is 4.98 Å². The SMILES string of the molecule is C=C/C(=C\C(=C/C)c1ccc2[nH]nc(-c3cc4c(-c5cccc(F)c5)cccc4[nH]3)c2n1)CN(C)C. The monoisotopic (exact) mass is 477 g/mol. The minimum Gasteiger partial charge on any atom is -0.353 e. The average Bonchev–Trinajstić information content (AvgIpc) is 3.49. The summed E-state index contributed by atoms with van der Waals surface area (Å²) >= 11 is 0. The fourth-order valence-electron chi connectivity index (χ4n) is 4.48. The summed E-state index contributed by atoms with van der Waals surface area (Å²) in [5.74, 6) is -0.255. The Morgan fingerprint density at radius 1 is 1.06 bits per heavy atom. The molecule has 3 heterocycles. The van der Waals surface area contributed by atoms with Crippen molar-refractivity contribution in [3.8, 4) is 22.5 Å². The molecule has 0 saturated carbocycles. The molecular formula is C30H28FN5. The Bertz CT molecular complexity index is 1630. The van der Waals surface area contributed by atoms with Gasteiger partial charge in [-0.05, 0) is 85.8 Å². The predicted molar refractivity (Wildman–Crippen MR) is 147 cm³/mol. The third kappa shape index (κ3) is 4.51. The molecule has 5 aromatic rings. The highest BCUT2D eigenvalue weighted by Gasteiger charge is 2.16. The van der Waals surface area contributed by atoms with Crippen LogP contribution >= 0.6 is 0 Å². The van der Waals surface area contributed by atoms with Crippen molar-refractivity contribution in [2.45, 2.75) is 6.92 Å². The van der Waals surface area contributed by atoms with Gasteiger partial charge in [0.25, 0.3) is 0 Å². The van der Waals surface area contributed by atoms with Crippen LogP contribution in [0.1, 0.15) is 12.6 Å². The van der Waals surface area contributed by atoms with Gasteiger partial charge < -0.3 is 9.88 Å². The van der Waals surface area contributed by atoms with Gasteiger partial charge in [-0.2, -0.15) is 5.10 Å². The topological polar surface area (TPSA) is 60.6 Å². The molecule has 5 nitrogen and oxygen atoms in total. The molecule has 36 heavy (non-hydrogen) atoms. The van der Waals surface area contributed by atoms with Gasteiger partial charge in [-0.1, -0.05) is 43.0 Å². The Hall–Kier alpha value is -4.29. The Morgan fingerprint density at radius 2 is 1.89 bits per heavy atom. The van der Waals surface area contributed by atoms with E-state index in [1.54, 1.807) is 12.1 Å². The van der Waals surface area contributed by atoms with Crippen molar-refractivity contribution < 1.29 is 4.39 Å². The number of aromatic nitrogens is 4. The standard InChI is InChI=1S/C30H28FN5/c1-5-19(18-36(3)4)15-20(6-2)25-13-14-27-29(33-25)30(35-34-27)28-17-24-23(11-8-12-26(24)32-28)21-9-7-10-22(31)16-21/h5-17,32H,1,18H2,2-4H3,(H,34,35)/b19-15+,20-6+. The second-order valence-electron chi connectivity index (χ2n) is 9.03. The average molecular weight is 478 g/mol. The fourth-order valence-corrected chi connectivity index (χ4v) is 4.48. The first kappa shape index (κ1) is 23.5. The molecule has 0 fully saturated rings. The zero-order chi connectivity index (χ0) is 25.2. The third-order valence-corrected chi connectivity index (χ3v) is 6.17. The van der Waals surface area contributed by atoms with Crippen LogP contribution in [-0.4, -0.2) is 45.7 Å². The number of allylic oxidation sites excluding steroid dienone is 3. The minimum atomic E-state index is -0.255. The summed E-state index contributed by atoms with van der Waals surface area (Å²) in [5.41, 5.74) is 8.97. The Labute approximate surface area is 209 Å². The van der Waals surface area contributed by atoms with Gasteiger partial charge in [0.15, 0.2) is 0 Å². The Kier molecular flexibility index (Phi) is 6.36. The number of likely N-dealkylation sites (N-methyl/N-ethyl adjacent to an activating group) is 1. The Morgan fingerprint density at radius 3 is 2.64 bits per heavy atom. The van der Waals surface area contributed by atoms with Crippen molar-refractivity contribution in [2.75, 3.05) is 20.6 Å². The summed E-state index contributed by atoms with van der Waals surface area (Å²) in [6.07, 6.45) is 6.06. The van der Waals surface area contributed by atoms with Gasteiger partial charge in [-0.15, -0.1) is 0 Å². The quantitative estimate of drug-likeness (QED) is 0.248. The van der Waals surface area contributed by atoms with E-state index < -0.39 is 0 Å². The third-order valence-electron chi connectivity index (χ3n) is 6.17. The molecule has 0 amide bonds. The lowest BCUT2D eigenvalue weighted by Crippen LogP contribution is -2.14. The van der Waals surface area contributed by atoms with Crippen LogP contribution in [0.2, 0.25) is 0 Å². The number of rotatable bonds is 7. The second kappa shape index (κ2) is 9.76. The van der Waals surface area contributed by atoms with Gasteiger partial charge in [-0.25, -0.2) is 9.37 Å². The van der Waals surface area contributed by atoms with Gasteiger partial charge >= 0.3 is 0 Å².